The van der Waals surface area contributed by atoms with Crippen LogP contribution < -0.4 is 29.6 Å². The van der Waals surface area contributed by atoms with Gasteiger partial charge in [-0.05, 0) is 12.1 Å². The van der Waals surface area contributed by atoms with Gasteiger partial charge >= 0.3 is 29.6 Å². The van der Waals surface area contributed by atoms with E-state index < -0.39 is 11.8 Å². The molecule has 0 unspecified atom stereocenters. The summed E-state index contributed by atoms with van der Waals surface area (Å²) >= 11 is 3.21. The number of carbonyl (C=O) groups is 2. The third kappa shape index (κ3) is 1.86. The zero-order chi connectivity index (χ0) is 8.72. The summed E-state index contributed by atoms with van der Waals surface area (Å²) in [7, 11) is 0. The van der Waals surface area contributed by atoms with E-state index in [9.17, 15) is 9.59 Å². The first-order valence-electron chi connectivity index (χ1n) is 3.28. The zero-order valence-corrected chi connectivity index (χ0v) is 10.5. The summed E-state index contributed by atoms with van der Waals surface area (Å²) in [6.07, 6.45) is 0. The number of fused-ring (bicyclic) bond motifs is 1. The van der Waals surface area contributed by atoms with Crippen LogP contribution in [0.1, 0.15) is 20.7 Å². The monoisotopic (exact) mass is 247 g/mol. The first-order chi connectivity index (χ1) is 5.68. The molecule has 0 N–H and O–H groups in total. The Bertz CT molecular complexity index is 392. The van der Waals surface area contributed by atoms with Crippen LogP contribution in [0, 0.1) is 0 Å². The van der Waals surface area contributed by atoms with Gasteiger partial charge in [-0.1, -0.05) is 22.0 Å². The number of imide groups is 1. The van der Waals surface area contributed by atoms with Crippen LogP contribution >= 0.6 is 15.9 Å². The molecule has 0 fully saturated rings. The molecule has 0 aliphatic carbocycles. The van der Waals surface area contributed by atoms with Gasteiger partial charge in [0.25, 0.3) is 0 Å². The summed E-state index contributed by atoms with van der Waals surface area (Å²) in [5.74, 6) is -0.890. The van der Waals surface area contributed by atoms with Crippen LogP contribution in [0.5, 0.6) is 0 Å². The van der Waals surface area contributed by atoms with Gasteiger partial charge in [0.1, 0.15) is 0 Å². The second kappa shape index (κ2) is 3.92. The molecule has 2 amide bonds. The maximum absolute atomic E-state index is 11.0. The van der Waals surface area contributed by atoms with E-state index in [4.69, 9.17) is 0 Å². The fraction of sp³-hybridized carbons (Fsp3) is 0. The molecule has 0 radical (unpaired) electrons. The number of carbonyl (C=O) groups excluding carboxylic acids is 2. The van der Waals surface area contributed by atoms with E-state index >= 15 is 0 Å². The van der Waals surface area contributed by atoms with Crippen molar-refractivity contribution in [1.29, 1.82) is 0 Å². The second-order valence-corrected chi connectivity index (χ2v) is 3.33. The molecule has 0 aromatic heterocycles. The number of hydrogen-bond donors (Lipinski definition) is 0. The summed E-state index contributed by atoms with van der Waals surface area (Å²) in [5.41, 5.74) is 0.776. The van der Waals surface area contributed by atoms with Crippen LogP contribution in [0.2, 0.25) is 0 Å². The van der Waals surface area contributed by atoms with Crippen LogP contribution in [-0.4, -0.2) is 11.8 Å². The molecule has 0 bridgehead atoms. The van der Waals surface area contributed by atoms with Gasteiger partial charge in [-0.2, -0.15) is 0 Å². The Labute approximate surface area is 105 Å². The van der Waals surface area contributed by atoms with Gasteiger partial charge in [0, 0.05) is 15.6 Å². The number of halogens is 1. The smallest absolute Gasteiger partial charge is 0.587 e. The minimum Gasteiger partial charge on any atom is -0.587 e. The molecule has 0 saturated carbocycles. The third-order valence-corrected chi connectivity index (χ3v) is 2.14. The zero-order valence-electron chi connectivity index (χ0n) is 6.87. The topological polar surface area (TPSA) is 48.2 Å². The van der Waals surface area contributed by atoms with E-state index in [1.165, 1.54) is 0 Å². The number of hydrogen-bond acceptors (Lipinski definition) is 2. The molecular formula is C8H3BrNNaO2. The molecule has 0 atom stereocenters. The number of nitrogens with zero attached hydrogens (tertiary/aromatic N) is 1. The summed E-state index contributed by atoms with van der Waals surface area (Å²) < 4.78 is 0.777. The van der Waals surface area contributed by atoms with Crippen LogP contribution in [0.25, 0.3) is 5.32 Å². The number of rotatable bonds is 0. The molecule has 2 rings (SSSR count). The maximum Gasteiger partial charge on any atom is 1.00 e. The number of amides is 2. The van der Waals surface area contributed by atoms with Crippen molar-refractivity contribution in [3.63, 3.8) is 0 Å². The van der Waals surface area contributed by atoms with Crippen molar-refractivity contribution < 1.29 is 39.1 Å². The molecule has 5 heteroatoms. The van der Waals surface area contributed by atoms with E-state index in [0.29, 0.717) is 11.1 Å². The van der Waals surface area contributed by atoms with Crippen molar-refractivity contribution in [2.24, 2.45) is 0 Å². The molecule has 1 heterocycles. The Balaban J connectivity index is 0.000000845. The van der Waals surface area contributed by atoms with Crippen molar-refractivity contribution in [2.45, 2.75) is 0 Å². The van der Waals surface area contributed by atoms with Crippen molar-refractivity contribution in [1.82, 2.24) is 0 Å². The van der Waals surface area contributed by atoms with E-state index in [1.807, 2.05) is 0 Å². The average Bonchev–Trinajstić information content (AvgIpc) is 2.28. The van der Waals surface area contributed by atoms with Gasteiger partial charge in [-0.15, -0.1) is 0 Å². The van der Waals surface area contributed by atoms with E-state index in [0.717, 1.165) is 4.47 Å². The van der Waals surface area contributed by atoms with Gasteiger partial charge in [0.15, 0.2) is 0 Å². The van der Waals surface area contributed by atoms with Gasteiger partial charge in [-0.3, -0.25) is 0 Å². The van der Waals surface area contributed by atoms with Gasteiger partial charge in [-0.25, -0.2) is 0 Å². The summed E-state index contributed by atoms with van der Waals surface area (Å²) in [6.45, 7) is 0. The predicted molar refractivity (Wildman–Crippen MR) is 46.2 cm³/mol. The first-order valence-corrected chi connectivity index (χ1v) is 4.08. The van der Waals surface area contributed by atoms with Crippen LogP contribution in [0.3, 0.4) is 0 Å². The summed E-state index contributed by atoms with van der Waals surface area (Å²) in [6, 6.07) is 4.91. The molecular weight excluding hydrogens is 245 g/mol. The van der Waals surface area contributed by atoms with Crippen molar-refractivity contribution in [3.8, 4) is 0 Å². The summed E-state index contributed by atoms with van der Waals surface area (Å²) in [4.78, 5) is 22.0. The Morgan fingerprint density at radius 2 is 1.69 bits per heavy atom. The molecule has 1 aromatic rings. The molecule has 1 aliphatic heterocycles. The second-order valence-electron chi connectivity index (χ2n) is 2.41. The SMILES string of the molecule is O=C1[N-]C(=O)c2cc(Br)ccc21.[Na+]. The molecule has 13 heavy (non-hydrogen) atoms. The average molecular weight is 248 g/mol. The van der Waals surface area contributed by atoms with Gasteiger partial charge < -0.3 is 14.9 Å². The minimum absolute atomic E-state index is 0. The van der Waals surface area contributed by atoms with Crippen LogP contribution in [0.4, 0.5) is 0 Å². The van der Waals surface area contributed by atoms with Crippen molar-refractivity contribution in [2.75, 3.05) is 0 Å². The fourth-order valence-corrected chi connectivity index (χ4v) is 1.45. The molecule has 0 saturated heterocycles. The Hall–Kier alpha value is -0.160. The fourth-order valence-electron chi connectivity index (χ4n) is 1.09. The summed E-state index contributed by atoms with van der Waals surface area (Å²) in [5, 5.41) is 3.30. The van der Waals surface area contributed by atoms with Gasteiger partial charge in [0.2, 0.25) is 0 Å². The molecule has 60 valence electrons. The van der Waals surface area contributed by atoms with Gasteiger partial charge in [0.05, 0.1) is 11.8 Å². The minimum atomic E-state index is -0.448. The largest absolute Gasteiger partial charge is 1.00 e. The molecule has 3 nitrogen and oxygen atoms in total. The quantitative estimate of drug-likeness (QED) is 0.442. The van der Waals surface area contributed by atoms with Crippen LogP contribution in [0.15, 0.2) is 22.7 Å². The number of benzene rings is 1. The third-order valence-electron chi connectivity index (χ3n) is 1.65. The Morgan fingerprint density at radius 3 is 2.38 bits per heavy atom. The predicted octanol–water partition coefficient (Wildman–Crippen LogP) is -0.879. The molecule has 1 aliphatic rings. The Kier molecular flexibility index (Phi) is 3.29. The normalized spacial score (nSPS) is 13.3. The maximum atomic E-state index is 11.0. The van der Waals surface area contributed by atoms with Crippen LogP contribution in [-0.2, 0) is 0 Å². The molecule has 0 spiro atoms. The molecule has 1 aromatic carbocycles. The first kappa shape index (κ1) is 10.9. The van der Waals surface area contributed by atoms with E-state index in [2.05, 4.69) is 21.2 Å². The van der Waals surface area contributed by atoms with Crippen molar-refractivity contribution >= 4 is 27.7 Å². The van der Waals surface area contributed by atoms with E-state index in [-0.39, 0.29) is 29.6 Å². The Morgan fingerprint density at radius 1 is 1.08 bits per heavy atom. The van der Waals surface area contributed by atoms with E-state index in [1.54, 1.807) is 18.2 Å². The van der Waals surface area contributed by atoms with Crippen molar-refractivity contribution in [3.05, 3.63) is 39.1 Å². The standard InChI is InChI=1S/C8H4BrNO2.Na/c9-4-1-2-5-6(3-4)8(12)10-7(5)11;/h1-3H,(H,10,11,12);/q;+1/p-1.